The number of hydrogen-bond donors (Lipinski definition) is 0. The summed E-state index contributed by atoms with van der Waals surface area (Å²) in [6, 6.07) is 15.4. The molecule has 0 saturated carbocycles. The number of rotatable bonds is 8. The van der Waals surface area contributed by atoms with Crippen molar-refractivity contribution in [3.05, 3.63) is 96.8 Å². The number of nitrogens with zero attached hydrogens (tertiary/aromatic N) is 3. The highest BCUT2D eigenvalue weighted by Gasteiger charge is 2.20. The van der Waals surface area contributed by atoms with Crippen LogP contribution in [0.5, 0.6) is 11.5 Å². The lowest BCUT2D eigenvalue weighted by Gasteiger charge is -2.11. The third kappa shape index (κ3) is 4.66. The maximum absolute atomic E-state index is 5.33. The molecule has 0 unspecified atom stereocenters. The maximum Gasteiger partial charge on any atom is 0.162 e. The minimum absolute atomic E-state index is 0.589. The summed E-state index contributed by atoms with van der Waals surface area (Å²) in [7, 11) is 3.28. The van der Waals surface area contributed by atoms with E-state index in [1.807, 2.05) is 85.8 Å². The minimum Gasteiger partial charge on any atom is -0.497 e. The zero-order chi connectivity index (χ0) is 23.9. The van der Waals surface area contributed by atoms with E-state index in [9.17, 15) is 0 Å². The van der Waals surface area contributed by atoms with Crippen LogP contribution in [0.4, 0.5) is 0 Å². The molecule has 0 aliphatic carbocycles. The van der Waals surface area contributed by atoms with Crippen LogP contribution in [0, 0.1) is 0 Å². The lowest BCUT2D eigenvalue weighted by Crippen LogP contribution is -1.96. The summed E-state index contributed by atoms with van der Waals surface area (Å²) in [5.74, 6) is 1.53. The third-order valence-electron chi connectivity index (χ3n) is 5.37. The molecule has 6 nitrogen and oxygen atoms in total. The Bertz CT molecular complexity index is 1380. The standard InChI is InChI=1S/C28H25N3O3/c1-5-7-8-19(6-2)9-18-24-25(20-10-14-22(32-3)15-11-20)27-28(31-34-30-27)26(29-24)21-12-16-23(33-4)17-13-21/h5-18H,1H2,2-4H3/b8-7-,18-9+,19-6+. The van der Waals surface area contributed by atoms with Gasteiger partial charge in [0.1, 0.15) is 22.7 Å². The van der Waals surface area contributed by atoms with Crippen molar-refractivity contribution >= 4 is 17.1 Å². The lowest BCUT2D eigenvalue weighted by molar-refractivity contribution is 0.315. The Hall–Kier alpha value is -4.45. The highest BCUT2D eigenvalue weighted by atomic mass is 16.6. The van der Waals surface area contributed by atoms with Crippen molar-refractivity contribution in [2.45, 2.75) is 6.92 Å². The molecule has 4 rings (SSSR count). The number of aromatic nitrogens is 3. The second kappa shape index (κ2) is 10.4. The van der Waals surface area contributed by atoms with E-state index in [-0.39, 0.29) is 0 Å². The molecule has 0 bridgehead atoms. The van der Waals surface area contributed by atoms with Crippen molar-refractivity contribution in [3.63, 3.8) is 0 Å². The Kier molecular flexibility index (Phi) is 6.98. The highest BCUT2D eigenvalue weighted by molar-refractivity contribution is 6.01. The van der Waals surface area contributed by atoms with Crippen molar-refractivity contribution in [2.75, 3.05) is 14.2 Å². The molecule has 0 aliphatic rings. The molecule has 2 aromatic heterocycles. The molecular formula is C28H25N3O3. The van der Waals surface area contributed by atoms with Crippen LogP contribution >= 0.6 is 0 Å². The topological polar surface area (TPSA) is 70.3 Å². The van der Waals surface area contributed by atoms with Crippen LogP contribution in [0.3, 0.4) is 0 Å². The molecule has 0 spiro atoms. The average Bonchev–Trinajstić information content (AvgIpc) is 3.38. The van der Waals surface area contributed by atoms with Gasteiger partial charge in [0.2, 0.25) is 0 Å². The van der Waals surface area contributed by atoms with E-state index >= 15 is 0 Å². The quantitative estimate of drug-likeness (QED) is 0.279. The van der Waals surface area contributed by atoms with Gasteiger partial charge in [-0.25, -0.2) is 9.61 Å². The fourth-order valence-corrected chi connectivity index (χ4v) is 3.57. The SMILES string of the molecule is C=C\C=C/C(/C=C/c1nc(-c2ccc(OC)cc2)c2nonc2c1-c1ccc(OC)cc1)=C\C. The Morgan fingerprint density at radius 1 is 0.853 bits per heavy atom. The van der Waals surface area contributed by atoms with Crippen LogP contribution in [0.15, 0.2) is 95.7 Å². The van der Waals surface area contributed by atoms with Crippen LogP contribution in [-0.4, -0.2) is 29.5 Å². The molecule has 0 atom stereocenters. The fraction of sp³-hybridized carbons (Fsp3) is 0.107. The van der Waals surface area contributed by atoms with Crippen LogP contribution in [0.1, 0.15) is 12.6 Å². The molecule has 0 aliphatic heterocycles. The molecule has 0 radical (unpaired) electrons. The van der Waals surface area contributed by atoms with Crippen LogP contribution in [-0.2, 0) is 0 Å². The summed E-state index contributed by atoms with van der Waals surface area (Å²) >= 11 is 0. The largest absolute Gasteiger partial charge is 0.497 e. The lowest BCUT2D eigenvalue weighted by atomic mass is 9.98. The second-order valence-electron chi connectivity index (χ2n) is 7.36. The zero-order valence-electron chi connectivity index (χ0n) is 19.4. The summed E-state index contributed by atoms with van der Waals surface area (Å²) in [6.07, 6.45) is 11.6. The van der Waals surface area contributed by atoms with Gasteiger partial charge in [-0.15, -0.1) is 0 Å². The van der Waals surface area contributed by atoms with Gasteiger partial charge in [0.15, 0.2) is 5.52 Å². The summed E-state index contributed by atoms with van der Waals surface area (Å²) < 4.78 is 15.8. The van der Waals surface area contributed by atoms with Gasteiger partial charge in [0.05, 0.1) is 19.9 Å². The number of allylic oxidation sites excluding steroid dienone is 6. The predicted molar refractivity (Wildman–Crippen MR) is 136 cm³/mol. The number of benzene rings is 2. The van der Waals surface area contributed by atoms with Crippen molar-refractivity contribution < 1.29 is 14.1 Å². The van der Waals surface area contributed by atoms with Gasteiger partial charge in [-0.3, -0.25) is 0 Å². The van der Waals surface area contributed by atoms with Crippen LogP contribution in [0.2, 0.25) is 0 Å². The Morgan fingerprint density at radius 3 is 2.06 bits per heavy atom. The molecule has 0 fully saturated rings. The van der Waals surface area contributed by atoms with Crippen molar-refractivity contribution in [3.8, 4) is 33.9 Å². The molecule has 4 aromatic rings. The molecule has 2 aromatic carbocycles. The summed E-state index contributed by atoms with van der Waals surface area (Å²) in [5.41, 5.74) is 6.31. The van der Waals surface area contributed by atoms with E-state index in [2.05, 4.69) is 16.9 Å². The Morgan fingerprint density at radius 2 is 1.47 bits per heavy atom. The molecule has 0 N–H and O–H groups in total. The second-order valence-corrected chi connectivity index (χ2v) is 7.36. The van der Waals surface area contributed by atoms with Gasteiger partial charge in [0, 0.05) is 11.1 Å². The maximum atomic E-state index is 5.33. The van der Waals surface area contributed by atoms with E-state index < -0.39 is 0 Å². The number of fused-ring (bicyclic) bond motifs is 1. The first-order valence-electron chi connectivity index (χ1n) is 10.8. The fourth-order valence-electron chi connectivity index (χ4n) is 3.57. The van der Waals surface area contributed by atoms with Gasteiger partial charge < -0.3 is 9.47 Å². The van der Waals surface area contributed by atoms with E-state index in [0.717, 1.165) is 39.5 Å². The highest BCUT2D eigenvalue weighted by Crippen LogP contribution is 2.36. The molecule has 0 amide bonds. The average molecular weight is 452 g/mol. The number of pyridine rings is 1. The van der Waals surface area contributed by atoms with Gasteiger partial charge >= 0.3 is 0 Å². The Labute approximate surface area is 198 Å². The number of methoxy groups -OCH3 is 2. The van der Waals surface area contributed by atoms with E-state index in [1.54, 1.807) is 20.3 Å². The monoisotopic (exact) mass is 451 g/mol. The van der Waals surface area contributed by atoms with Gasteiger partial charge in [-0.1, -0.05) is 49.1 Å². The third-order valence-corrected chi connectivity index (χ3v) is 5.37. The van der Waals surface area contributed by atoms with Crippen LogP contribution in [0.25, 0.3) is 39.5 Å². The van der Waals surface area contributed by atoms with E-state index in [0.29, 0.717) is 16.7 Å². The summed E-state index contributed by atoms with van der Waals surface area (Å²) in [6.45, 7) is 5.73. The number of ether oxygens (including phenoxy) is 2. The summed E-state index contributed by atoms with van der Waals surface area (Å²) in [4.78, 5) is 5.01. The van der Waals surface area contributed by atoms with Crippen molar-refractivity contribution in [1.29, 1.82) is 0 Å². The number of hydrogen-bond acceptors (Lipinski definition) is 6. The summed E-state index contributed by atoms with van der Waals surface area (Å²) in [5, 5.41) is 8.45. The minimum atomic E-state index is 0.589. The zero-order valence-corrected chi connectivity index (χ0v) is 19.4. The molecule has 0 saturated heterocycles. The van der Waals surface area contributed by atoms with E-state index in [1.165, 1.54) is 0 Å². The van der Waals surface area contributed by atoms with Gasteiger partial charge in [-0.2, -0.15) is 0 Å². The first-order valence-corrected chi connectivity index (χ1v) is 10.8. The van der Waals surface area contributed by atoms with Crippen LogP contribution < -0.4 is 9.47 Å². The van der Waals surface area contributed by atoms with Gasteiger partial charge in [-0.05, 0) is 70.8 Å². The Balaban J connectivity index is 1.94. The predicted octanol–water partition coefficient (Wildman–Crippen LogP) is 6.67. The first-order chi connectivity index (χ1) is 16.7. The molecule has 170 valence electrons. The molecular weight excluding hydrogens is 426 g/mol. The molecule has 34 heavy (non-hydrogen) atoms. The van der Waals surface area contributed by atoms with Crippen molar-refractivity contribution in [2.24, 2.45) is 0 Å². The molecule has 6 heteroatoms. The smallest absolute Gasteiger partial charge is 0.162 e. The molecule has 2 heterocycles. The van der Waals surface area contributed by atoms with Crippen molar-refractivity contribution in [1.82, 2.24) is 15.3 Å². The van der Waals surface area contributed by atoms with E-state index in [4.69, 9.17) is 19.1 Å². The normalized spacial score (nSPS) is 12.0. The first kappa shape index (κ1) is 22.7. The van der Waals surface area contributed by atoms with Gasteiger partial charge in [0.25, 0.3) is 0 Å².